The van der Waals surface area contributed by atoms with Crippen LogP contribution in [-0.4, -0.2) is 43.6 Å². The molecule has 0 aliphatic carbocycles. The van der Waals surface area contributed by atoms with Gasteiger partial charge in [0.2, 0.25) is 0 Å². The summed E-state index contributed by atoms with van der Waals surface area (Å²) in [7, 11) is 1.71. The number of carbonyl (C=O) groups excluding carboxylic acids is 1. The Bertz CT molecular complexity index is 610. The summed E-state index contributed by atoms with van der Waals surface area (Å²) in [4.78, 5) is 18.3. The summed E-state index contributed by atoms with van der Waals surface area (Å²) in [5.41, 5.74) is 1.50. The minimum Gasteiger partial charge on any atom is -0.466 e. The molecule has 140 valence electrons. The maximum Gasteiger partial charge on any atom is 0.310 e. The van der Waals surface area contributed by atoms with Crippen molar-refractivity contribution >= 4 is 35.9 Å². The predicted molar refractivity (Wildman–Crippen MR) is 108 cm³/mol. The van der Waals surface area contributed by atoms with Crippen molar-refractivity contribution < 1.29 is 13.9 Å². The molecule has 0 bridgehead atoms. The van der Waals surface area contributed by atoms with Crippen LogP contribution in [0.5, 0.6) is 0 Å². The van der Waals surface area contributed by atoms with Crippen LogP contribution in [0.4, 0.5) is 4.39 Å². The molecule has 5 nitrogen and oxygen atoms in total. The van der Waals surface area contributed by atoms with Crippen molar-refractivity contribution in [2.45, 2.75) is 33.2 Å². The molecule has 1 aromatic rings. The van der Waals surface area contributed by atoms with E-state index < -0.39 is 0 Å². The molecule has 0 saturated carbocycles. The third-order valence-corrected chi connectivity index (χ3v) is 4.24. The van der Waals surface area contributed by atoms with Gasteiger partial charge in [0.05, 0.1) is 12.5 Å². The fraction of sp³-hybridized carbons (Fsp3) is 0.556. The van der Waals surface area contributed by atoms with E-state index in [4.69, 9.17) is 4.74 Å². The normalized spacial score (nSPS) is 17.7. The summed E-state index contributed by atoms with van der Waals surface area (Å²) in [5, 5.41) is 3.25. The Hall–Kier alpha value is -1.38. The minimum atomic E-state index is -0.204. The van der Waals surface area contributed by atoms with E-state index in [2.05, 4.69) is 15.2 Å². The molecule has 7 heteroatoms. The zero-order valence-electron chi connectivity index (χ0n) is 15.0. The van der Waals surface area contributed by atoms with Crippen LogP contribution in [0.1, 0.15) is 30.9 Å². The number of hydrogen-bond acceptors (Lipinski definition) is 3. The maximum atomic E-state index is 13.6. The monoisotopic (exact) mass is 463 g/mol. The number of hydrogen-bond donors (Lipinski definition) is 1. The zero-order chi connectivity index (χ0) is 17.5. The Balaban J connectivity index is 0.00000312. The fourth-order valence-corrected chi connectivity index (χ4v) is 2.88. The summed E-state index contributed by atoms with van der Waals surface area (Å²) in [6, 6.07) is 5.20. The second-order valence-corrected chi connectivity index (χ2v) is 6.02. The van der Waals surface area contributed by atoms with Gasteiger partial charge in [-0.3, -0.25) is 9.79 Å². The molecule has 0 amide bonds. The van der Waals surface area contributed by atoms with Gasteiger partial charge < -0.3 is 15.0 Å². The lowest BCUT2D eigenvalue weighted by atomic mass is 9.98. The molecule has 1 aliphatic rings. The van der Waals surface area contributed by atoms with Gasteiger partial charge in [-0.15, -0.1) is 24.0 Å². The number of halogens is 2. The van der Waals surface area contributed by atoms with Crippen LogP contribution in [0.3, 0.4) is 0 Å². The van der Waals surface area contributed by atoms with E-state index in [1.54, 1.807) is 20.0 Å². The molecule has 1 atom stereocenters. The summed E-state index contributed by atoms with van der Waals surface area (Å²) in [6.45, 7) is 5.90. The molecule has 1 aliphatic heterocycles. The number of nitrogens with zero attached hydrogens (tertiary/aromatic N) is 2. The van der Waals surface area contributed by atoms with Gasteiger partial charge in [0.1, 0.15) is 5.82 Å². The van der Waals surface area contributed by atoms with Gasteiger partial charge >= 0.3 is 5.97 Å². The largest absolute Gasteiger partial charge is 0.466 e. The lowest BCUT2D eigenvalue weighted by Gasteiger charge is -2.34. The van der Waals surface area contributed by atoms with Crippen LogP contribution in [0.15, 0.2) is 23.2 Å². The molecule has 0 aromatic heterocycles. The highest BCUT2D eigenvalue weighted by atomic mass is 127. The fourth-order valence-electron chi connectivity index (χ4n) is 2.88. The van der Waals surface area contributed by atoms with Crippen LogP contribution in [0, 0.1) is 18.7 Å². The quantitative estimate of drug-likeness (QED) is 0.323. The van der Waals surface area contributed by atoms with E-state index in [-0.39, 0.29) is 41.7 Å². The molecule has 0 spiro atoms. The second-order valence-electron chi connectivity index (χ2n) is 6.02. The van der Waals surface area contributed by atoms with Gasteiger partial charge in [0, 0.05) is 26.7 Å². The Kier molecular flexibility index (Phi) is 9.16. The highest BCUT2D eigenvalue weighted by Crippen LogP contribution is 2.18. The van der Waals surface area contributed by atoms with E-state index in [1.165, 1.54) is 6.07 Å². The van der Waals surface area contributed by atoms with Crippen LogP contribution >= 0.6 is 24.0 Å². The Morgan fingerprint density at radius 2 is 2.24 bits per heavy atom. The lowest BCUT2D eigenvalue weighted by Crippen LogP contribution is -2.48. The summed E-state index contributed by atoms with van der Waals surface area (Å²) < 4.78 is 18.8. The number of esters is 1. The van der Waals surface area contributed by atoms with E-state index in [1.807, 2.05) is 13.0 Å². The maximum absolute atomic E-state index is 13.6. The van der Waals surface area contributed by atoms with Gasteiger partial charge in [-0.05, 0) is 43.9 Å². The minimum absolute atomic E-state index is 0. The van der Waals surface area contributed by atoms with Crippen molar-refractivity contribution in [2.24, 2.45) is 10.9 Å². The number of guanidine groups is 1. The Labute approximate surface area is 166 Å². The van der Waals surface area contributed by atoms with Crippen molar-refractivity contribution in [2.75, 3.05) is 26.7 Å². The number of benzene rings is 1. The smallest absolute Gasteiger partial charge is 0.310 e. The number of nitrogens with one attached hydrogen (secondary N) is 1. The first-order chi connectivity index (χ1) is 11.5. The third-order valence-electron chi connectivity index (χ3n) is 4.24. The van der Waals surface area contributed by atoms with Crippen molar-refractivity contribution in [1.82, 2.24) is 10.2 Å². The van der Waals surface area contributed by atoms with Gasteiger partial charge in [0.15, 0.2) is 5.96 Å². The summed E-state index contributed by atoms with van der Waals surface area (Å²) in [6.07, 6.45) is 1.76. The number of ether oxygens (including phenoxy) is 1. The topological polar surface area (TPSA) is 53.9 Å². The number of carbonyl (C=O) groups is 1. The average molecular weight is 463 g/mol. The molecule has 1 N–H and O–H groups in total. The lowest BCUT2D eigenvalue weighted by molar-refractivity contribution is -0.149. The molecule has 1 saturated heterocycles. The van der Waals surface area contributed by atoms with E-state index in [0.717, 1.165) is 30.9 Å². The molecule has 2 rings (SSSR count). The van der Waals surface area contributed by atoms with Crippen molar-refractivity contribution in [3.8, 4) is 0 Å². The molecule has 1 heterocycles. The van der Waals surface area contributed by atoms with Gasteiger partial charge in [-0.1, -0.05) is 12.1 Å². The first-order valence-electron chi connectivity index (χ1n) is 8.42. The van der Waals surface area contributed by atoms with Crippen molar-refractivity contribution in [3.05, 3.63) is 35.1 Å². The molecule has 1 fully saturated rings. The molecule has 25 heavy (non-hydrogen) atoms. The van der Waals surface area contributed by atoms with Crippen LogP contribution < -0.4 is 5.32 Å². The van der Waals surface area contributed by atoms with Crippen LogP contribution in [0.25, 0.3) is 0 Å². The molecular weight excluding hydrogens is 436 g/mol. The second kappa shape index (κ2) is 10.6. The predicted octanol–water partition coefficient (Wildman–Crippen LogP) is 3.10. The number of piperidine rings is 1. The summed E-state index contributed by atoms with van der Waals surface area (Å²) >= 11 is 0. The van der Waals surface area contributed by atoms with Crippen molar-refractivity contribution in [3.63, 3.8) is 0 Å². The molecule has 0 radical (unpaired) electrons. The summed E-state index contributed by atoms with van der Waals surface area (Å²) in [5.74, 6) is 0.266. The SMILES string of the molecule is CCOC(=O)C1CCCN(C(=NC)NCc2ccc(C)c(F)c2)C1.I. The number of aryl methyl sites for hydroxylation is 1. The van der Waals surface area contributed by atoms with E-state index in [9.17, 15) is 9.18 Å². The molecule has 1 unspecified atom stereocenters. The Morgan fingerprint density at radius 1 is 1.48 bits per heavy atom. The molecular formula is C18H27FIN3O2. The first kappa shape index (κ1) is 21.7. The van der Waals surface area contributed by atoms with Crippen LogP contribution in [-0.2, 0) is 16.1 Å². The van der Waals surface area contributed by atoms with Gasteiger partial charge in [-0.2, -0.15) is 0 Å². The Morgan fingerprint density at radius 3 is 2.88 bits per heavy atom. The van der Waals surface area contributed by atoms with Crippen molar-refractivity contribution in [1.29, 1.82) is 0 Å². The first-order valence-corrected chi connectivity index (χ1v) is 8.42. The highest BCUT2D eigenvalue weighted by Gasteiger charge is 2.28. The number of likely N-dealkylation sites (tertiary alicyclic amines) is 1. The van der Waals surface area contributed by atoms with Gasteiger partial charge in [-0.25, -0.2) is 4.39 Å². The number of rotatable bonds is 4. The zero-order valence-corrected chi connectivity index (χ0v) is 17.4. The van der Waals surface area contributed by atoms with Crippen LogP contribution in [0.2, 0.25) is 0 Å². The standard InChI is InChI=1S/C18H26FN3O2.HI/c1-4-24-17(23)15-6-5-9-22(12-15)18(20-3)21-11-14-8-7-13(2)16(19)10-14;/h7-8,10,15H,4-6,9,11-12H2,1-3H3,(H,20,21);1H. The van der Waals surface area contributed by atoms with E-state index in [0.29, 0.717) is 25.3 Å². The third kappa shape index (κ3) is 6.13. The van der Waals surface area contributed by atoms with Gasteiger partial charge in [0.25, 0.3) is 0 Å². The average Bonchev–Trinajstić information content (AvgIpc) is 2.59. The number of aliphatic imine (C=N–C) groups is 1. The highest BCUT2D eigenvalue weighted by molar-refractivity contribution is 14.0. The molecule has 1 aromatic carbocycles. The van der Waals surface area contributed by atoms with E-state index >= 15 is 0 Å².